The number of nitrogens with two attached hydrogens (primary N) is 1. The molecule has 0 radical (unpaired) electrons. The molecule has 0 aliphatic rings. The molecule has 0 saturated heterocycles. The highest BCUT2D eigenvalue weighted by Crippen LogP contribution is 2.19. The summed E-state index contributed by atoms with van der Waals surface area (Å²) in [5.74, 6) is -0.934. The van der Waals surface area contributed by atoms with Crippen LogP contribution in [0.4, 0.5) is 10.1 Å². The van der Waals surface area contributed by atoms with Gasteiger partial charge in [0.15, 0.2) is 0 Å². The minimum Gasteiger partial charge on any atom is -0.330 e. The Morgan fingerprint density at radius 2 is 1.90 bits per heavy atom. The van der Waals surface area contributed by atoms with Gasteiger partial charge in [-0.15, -0.1) is 0 Å². The van der Waals surface area contributed by atoms with Gasteiger partial charge < -0.3 is 11.1 Å². The number of carbonyl (C=O) groups excluding carboxylic acids is 1. The Morgan fingerprint density at radius 1 is 1.20 bits per heavy atom. The van der Waals surface area contributed by atoms with Crippen molar-refractivity contribution in [3.05, 3.63) is 64.4 Å². The monoisotopic (exact) mass is 292 g/mol. The van der Waals surface area contributed by atoms with Gasteiger partial charge in [0, 0.05) is 10.6 Å². The number of hydrogen-bond acceptors (Lipinski definition) is 2. The molecule has 0 bridgehead atoms. The highest BCUT2D eigenvalue weighted by Gasteiger charge is 2.09. The van der Waals surface area contributed by atoms with Crippen LogP contribution in [0, 0.1) is 5.82 Å². The maximum atomic E-state index is 13.6. The lowest BCUT2D eigenvalue weighted by Crippen LogP contribution is -2.13. The zero-order chi connectivity index (χ0) is 14.5. The van der Waals surface area contributed by atoms with E-state index in [1.54, 1.807) is 12.1 Å². The first-order valence-electron chi connectivity index (χ1n) is 6.15. The van der Waals surface area contributed by atoms with E-state index < -0.39 is 5.82 Å². The highest BCUT2D eigenvalue weighted by atomic mass is 35.5. The molecule has 0 atom stereocenters. The van der Waals surface area contributed by atoms with Crippen LogP contribution in [0.15, 0.2) is 42.5 Å². The fourth-order valence-electron chi connectivity index (χ4n) is 1.77. The number of carbonyl (C=O) groups is 1. The van der Waals surface area contributed by atoms with Crippen LogP contribution in [-0.2, 0) is 6.42 Å². The third-order valence-corrected chi connectivity index (χ3v) is 3.06. The first kappa shape index (κ1) is 14.5. The summed E-state index contributed by atoms with van der Waals surface area (Å²) in [6, 6.07) is 11.1. The molecule has 0 spiro atoms. The average Bonchev–Trinajstić information content (AvgIpc) is 2.43. The number of amides is 1. The summed E-state index contributed by atoms with van der Waals surface area (Å²) in [7, 11) is 0. The van der Waals surface area contributed by atoms with Gasteiger partial charge in [-0.2, -0.15) is 0 Å². The molecule has 2 rings (SSSR count). The van der Waals surface area contributed by atoms with Crippen molar-refractivity contribution < 1.29 is 9.18 Å². The first-order chi connectivity index (χ1) is 9.60. The van der Waals surface area contributed by atoms with Crippen molar-refractivity contribution in [2.75, 3.05) is 11.9 Å². The fourth-order valence-corrected chi connectivity index (χ4v) is 1.93. The Kier molecular flexibility index (Phi) is 4.71. The molecule has 0 aliphatic heterocycles. The standard InChI is InChI=1S/C15H14ClFN2O/c16-12-5-6-14(13(17)9-12)19-15(20)11-3-1-10(2-4-11)7-8-18/h1-6,9H,7-8,18H2,(H,19,20). The minimum atomic E-state index is -0.564. The zero-order valence-corrected chi connectivity index (χ0v) is 11.5. The molecule has 0 fully saturated rings. The average molecular weight is 293 g/mol. The molecule has 2 aromatic carbocycles. The van der Waals surface area contributed by atoms with Gasteiger partial charge in [-0.1, -0.05) is 23.7 Å². The van der Waals surface area contributed by atoms with Gasteiger partial charge in [-0.3, -0.25) is 4.79 Å². The Morgan fingerprint density at radius 3 is 2.50 bits per heavy atom. The molecule has 0 heterocycles. The van der Waals surface area contributed by atoms with E-state index in [9.17, 15) is 9.18 Å². The van der Waals surface area contributed by atoms with E-state index in [1.165, 1.54) is 12.1 Å². The largest absolute Gasteiger partial charge is 0.330 e. The fraction of sp³-hybridized carbons (Fsp3) is 0.133. The maximum Gasteiger partial charge on any atom is 0.255 e. The van der Waals surface area contributed by atoms with Crippen molar-refractivity contribution in [2.45, 2.75) is 6.42 Å². The second kappa shape index (κ2) is 6.50. The SMILES string of the molecule is NCCc1ccc(C(=O)Nc2ccc(Cl)cc2F)cc1. The molecule has 3 nitrogen and oxygen atoms in total. The van der Waals surface area contributed by atoms with Gasteiger partial charge in [0.25, 0.3) is 5.91 Å². The minimum absolute atomic E-state index is 0.102. The zero-order valence-electron chi connectivity index (χ0n) is 10.7. The number of anilines is 1. The molecule has 104 valence electrons. The third-order valence-electron chi connectivity index (χ3n) is 2.83. The summed E-state index contributed by atoms with van der Waals surface area (Å²) in [6.45, 7) is 0.557. The summed E-state index contributed by atoms with van der Waals surface area (Å²) in [5.41, 5.74) is 7.08. The van der Waals surface area contributed by atoms with Crippen LogP contribution in [-0.4, -0.2) is 12.5 Å². The molecule has 1 amide bonds. The van der Waals surface area contributed by atoms with E-state index in [2.05, 4.69) is 5.32 Å². The van der Waals surface area contributed by atoms with E-state index in [-0.39, 0.29) is 16.6 Å². The van der Waals surface area contributed by atoms with Crippen molar-refractivity contribution >= 4 is 23.2 Å². The Labute approximate surface area is 121 Å². The van der Waals surface area contributed by atoms with Gasteiger partial charge in [0.2, 0.25) is 0 Å². The molecule has 2 aromatic rings. The number of benzene rings is 2. The number of halogens is 2. The molecule has 0 aliphatic carbocycles. The Bertz CT molecular complexity index is 614. The van der Waals surface area contributed by atoms with Crippen molar-refractivity contribution in [3.63, 3.8) is 0 Å². The van der Waals surface area contributed by atoms with Gasteiger partial charge in [-0.25, -0.2) is 4.39 Å². The summed E-state index contributed by atoms with van der Waals surface area (Å²) < 4.78 is 13.6. The lowest BCUT2D eigenvalue weighted by molar-refractivity contribution is 0.102. The van der Waals surface area contributed by atoms with E-state index in [1.807, 2.05) is 12.1 Å². The van der Waals surface area contributed by atoms with Gasteiger partial charge in [0.05, 0.1) is 5.69 Å². The van der Waals surface area contributed by atoms with Gasteiger partial charge >= 0.3 is 0 Å². The molecule has 20 heavy (non-hydrogen) atoms. The lowest BCUT2D eigenvalue weighted by atomic mass is 10.1. The van der Waals surface area contributed by atoms with Crippen LogP contribution in [0.2, 0.25) is 5.02 Å². The van der Waals surface area contributed by atoms with Crippen molar-refractivity contribution in [2.24, 2.45) is 5.73 Å². The predicted molar refractivity (Wildman–Crippen MR) is 78.6 cm³/mol. The number of hydrogen-bond donors (Lipinski definition) is 2. The molecule has 0 saturated carbocycles. The number of nitrogens with one attached hydrogen (secondary N) is 1. The second-order valence-electron chi connectivity index (χ2n) is 4.31. The van der Waals surface area contributed by atoms with E-state index in [4.69, 9.17) is 17.3 Å². The van der Waals surface area contributed by atoms with Crippen molar-refractivity contribution in [3.8, 4) is 0 Å². The smallest absolute Gasteiger partial charge is 0.255 e. The van der Waals surface area contributed by atoms with Crippen LogP contribution in [0.25, 0.3) is 0 Å². The van der Waals surface area contributed by atoms with Crippen LogP contribution < -0.4 is 11.1 Å². The lowest BCUT2D eigenvalue weighted by Gasteiger charge is -2.07. The maximum absolute atomic E-state index is 13.6. The quantitative estimate of drug-likeness (QED) is 0.909. The van der Waals surface area contributed by atoms with E-state index >= 15 is 0 Å². The highest BCUT2D eigenvalue weighted by molar-refractivity contribution is 6.30. The summed E-state index contributed by atoms with van der Waals surface area (Å²) in [4.78, 5) is 12.0. The molecule has 0 unspecified atom stereocenters. The Hall–Kier alpha value is -1.91. The Balaban J connectivity index is 2.11. The molecule has 0 aromatic heterocycles. The van der Waals surface area contributed by atoms with Crippen molar-refractivity contribution in [1.29, 1.82) is 0 Å². The summed E-state index contributed by atoms with van der Waals surface area (Å²) in [5, 5.41) is 2.79. The third kappa shape index (κ3) is 3.56. The summed E-state index contributed by atoms with van der Waals surface area (Å²) >= 11 is 5.65. The molecule has 3 N–H and O–H groups in total. The van der Waals surface area contributed by atoms with Crippen molar-refractivity contribution in [1.82, 2.24) is 0 Å². The second-order valence-corrected chi connectivity index (χ2v) is 4.75. The number of rotatable bonds is 4. The van der Waals surface area contributed by atoms with E-state index in [0.717, 1.165) is 18.1 Å². The van der Waals surface area contributed by atoms with Crippen LogP contribution in [0.1, 0.15) is 15.9 Å². The molecular weight excluding hydrogens is 279 g/mol. The van der Waals surface area contributed by atoms with Crippen LogP contribution in [0.3, 0.4) is 0 Å². The normalized spacial score (nSPS) is 10.3. The van der Waals surface area contributed by atoms with E-state index in [0.29, 0.717) is 12.1 Å². The van der Waals surface area contributed by atoms with Gasteiger partial charge in [-0.05, 0) is 48.9 Å². The molecular formula is C15H14ClFN2O. The molecule has 5 heteroatoms. The van der Waals surface area contributed by atoms with Gasteiger partial charge in [0.1, 0.15) is 5.82 Å². The summed E-state index contributed by atoms with van der Waals surface area (Å²) in [6.07, 6.45) is 0.758. The predicted octanol–water partition coefficient (Wildman–Crippen LogP) is 3.23. The van der Waals surface area contributed by atoms with Crippen LogP contribution >= 0.6 is 11.6 Å². The van der Waals surface area contributed by atoms with Crippen LogP contribution in [0.5, 0.6) is 0 Å². The topological polar surface area (TPSA) is 55.1 Å². The first-order valence-corrected chi connectivity index (χ1v) is 6.53.